The predicted octanol–water partition coefficient (Wildman–Crippen LogP) is 0.180. The van der Waals surface area contributed by atoms with Crippen molar-refractivity contribution in [3.05, 3.63) is 0 Å². The van der Waals surface area contributed by atoms with E-state index in [0.29, 0.717) is 0 Å². The van der Waals surface area contributed by atoms with Gasteiger partial charge in [0.05, 0.1) is 18.8 Å². The Morgan fingerprint density at radius 1 is 1.67 bits per heavy atom. The van der Waals surface area contributed by atoms with Crippen LogP contribution in [0, 0.1) is 0 Å². The van der Waals surface area contributed by atoms with Crippen LogP contribution in [0.5, 0.6) is 0 Å². The zero-order valence-corrected chi connectivity index (χ0v) is 8.45. The molecule has 0 radical (unpaired) electrons. The summed E-state index contributed by atoms with van der Waals surface area (Å²) in [4.78, 5) is 8.76. The minimum atomic E-state index is -3.41. The first-order valence-corrected chi connectivity index (χ1v) is 5.62. The van der Waals surface area contributed by atoms with Crippen LogP contribution in [0.2, 0.25) is 0 Å². The monoisotopic (exact) mass is 197 g/mol. The lowest BCUT2D eigenvalue weighted by Crippen LogP contribution is -2.37. The van der Waals surface area contributed by atoms with Gasteiger partial charge in [0.1, 0.15) is 0 Å². The van der Waals surface area contributed by atoms with E-state index in [1.54, 1.807) is 6.92 Å². The van der Waals surface area contributed by atoms with Gasteiger partial charge in [-0.3, -0.25) is 4.57 Å². The molecule has 3 unspecified atom stereocenters. The van der Waals surface area contributed by atoms with Crippen LogP contribution in [0.3, 0.4) is 0 Å². The molecule has 0 saturated heterocycles. The number of nitrogens with two attached hydrogens (primary N) is 1. The van der Waals surface area contributed by atoms with Crippen molar-refractivity contribution in [1.29, 1.82) is 0 Å². The summed E-state index contributed by atoms with van der Waals surface area (Å²) < 4.78 is 20.2. The van der Waals surface area contributed by atoms with Crippen molar-refractivity contribution in [2.75, 3.05) is 20.4 Å². The molecule has 0 aliphatic carbocycles. The molecule has 0 aliphatic rings. The highest BCUT2D eigenvalue weighted by Gasteiger charge is 2.17. The van der Waals surface area contributed by atoms with Gasteiger partial charge < -0.3 is 19.9 Å². The minimum Gasteiger partial charge on any atom is -0.380 e. The van der Waals surface area contributed by atoms with E-state index in [1.807, 2.05) is 0 Å². The van der Waals surface area contributed by atoms with Gasteiger partial charge in [-0.05, 0) is 6.92 Å². The van der Waals surface area contributed by atoms with Crippen molar-refractivity contribution in [2.24, 2.45) is 5.73 Å². The summed E-state index contributed by atoms with van der Waals surface area (Å²) >= 11 is 0. The van der Waals surface area contributed by atoms with E-state index in [4.69, 9.17) is 15.4 Å². The molecule has 0 fully saturated rings. The molecule has 0 spiro atoms. The van der Waals surface area contributed by atoms with Crippen LogP contribution in [0.4, 0.5) is 0 Å². The maximum Gasteiger partial charge on any atom is 0.325 e. The standard InChI is InChI=1S/C6H16NO4P/c1-5(10-2)6(7)4-11-12(3,8)9/h5-6H,4,7H2,1-3H3,(H,8,9). The third-order valence-electron chi connectivity index (χ3n) is 1.48. The third kappa shape index (κ3) is 5.69. The highest BCUT2D eigenvalue weighted by Crippen LogP contribution is 2.36. The van der Waals surface area contributed by atoms with Crippen molar-refractivity contribution in [3.63, 3.8) is 0 Å². The zero-order valence-electron chi connectivity index (χ0n) is 7.56. The highest BCUT2D eigenvalue weighted by atomic mass is 31.2. The summed E-state index contributed by atoms with van der Waals surface area (Å²) in [6, 6.07) is -0.379. The Bertz CT molecular complexity index is 169. The molecule has 0 aliphatic heterocycles. The second kappa shape index (κ2) is 4.94. The van der Waals surface area contributed by atoms with Crippen molar-refractivity contribution in [3.8, 4) is 0 Å². The molecule has 3 N–H and O–H groups in total. The fourth-order valence-electron chi connectivity index (χ4n) is 0.535. The molecule has 74 valence electrons. The third-order valence-corrected chi connectivity index (χ3v) is 2.11. The van der Waals surface area contributed by atoms with Gasteiger partial charge in [-0.15, -0.1) is 0 Å². The van der Waals surface area contributed by atoms with E-state index in [-0.39, 0.29) is 18.8 Å². The molecule has 12 heavy (non-hydrogen) atoms. The molecule has 0 aromatic heterocycles. The van der Waals surface area contributed by atoms with Crippen LogP contribution < -0.4 is 5.73 Å². The average molecular weight is 197 g/mol. The SMILES string of the molecule is COC(C)C(N)COP(C)(=O)O. The first kappa shape index (κ1) is 12.1. The van der Waals surface area contributed by atoms with Gasteiger partial charge in [-0.2, -0.15) is 0 Å². The Balaban J connectivity index is 3.71. The average Bonchev–Trinajstić information content (AvgIpc) is 1.97. The van der Waals surface area contributed by atoms with Gasteiger partial charge in [-0.1, -0.05) is 0 Å². The van der Waals surface area contributed by atoms with Crippen molar-refractivity contribution in [2.45, 2.75) is 19.1 Å². The maximum absolute atomic E-state index is 10.7. The molecule has 0 aromatic carbocycles. The normalized spacial score (nSPS) is 21.4. The van der Waals surface area contributed by atoms with Gasteiger partial charge in [-0.25, -0.2) is 0 Å². The maximum atomic E-state index is 10.7. The highest BCUT2D eigenvalue weighted by molar-refractivity contribution is 7.51. The van der Waals surface area contributed by atoms with Gasteiger partial charge in [0.25, 0.3) is 0 Å². The summed E-state index contributed by atoms with van der Waals surface area (Å²) in [7, 11) is -1.88. The summed E-state index contributed by atoms with van der Waals surface area (Å²) in [5, 5.41) is 0. The Labute approximate surface area is 72.4 Å². The Hall–Kier alpha value is 0.0700. The molecular weight excluding hydrogens is 181 g/mol. The van der Waals surface area contributed by atoms with Gasteiger partial charge in [0.2, 0.25) is 0 Å². The minimum absolute atomic E-state index is 0.0271. The number of methoxy groups -OCH3 is 1. The van der Waals surface area contributed by atoms with Gasteiger partial charge in [0, 0.05) is 13.8 Å². The van der Waals surface area contributed by atoms with E-state index in [1.165, 1.54) is 7.11 Å². The molecule has 6 heteroatoms. The molecule has 3 atom stereocenters. The Morgan fingerprint density at radius 3 is 2.50 bits per heavy atom. The summed E-state index contributed by atoms with van der Waals surface area (Å²) in [5.74, 6) is 0. The fraction of sp³-hybridized carbons (Fsp3) is 1.00. The van der Waals surface area contributed by atoms with Gasteiger partial charge in [0.15, 0.2) is 0 Å². The van der Waals surface area contributed by atoms with E-state index >= 15 is 0 Å². The van der Waals surface area contributed by atoms with E-state index in [0.717, 1.165) is 6.66 Å². The molecule has 0 amide bonds. The second-order valence-corrected chi connectivity index (χ2v) is 4.57. The Kier molecular flexibility index (Phi) is 4.97. The number of rotatable bonds is 5. The van der Waals surface area contributed by atoms with Crippen LogP contribution in [-0.4, -0.2) is 37.4 Å². The molecule has 0 rings (SSSR count). The van der Waals surface area contributed by atoms with Crippen molar-refractivity contribution >= 4 is 7.60 Å². The molecule has 5 nitrogen and oxygen atoms in total. The molecule has 0 aromatic rings. The lowest BCUT2D eigenvalue weighted by atomic mass is 10.2. The number of ether oxygens (including phenoxy) is 1. The topological polar surface area (TPSA) is 81.8 Å². The fourth-order valence-corrected chi connectivity index (χ4v) is 0.983. The first-order valence-electron chi connectivity index (χ1n) is 3.60. The molecule has 0 saturated carbocycles. The van der Waals surface area contributed by atoms with Crippen LogP contribution in [0.25, 0.3) is 0 Å². The number of hydrogen-bond acceptors (Lipinski definition) is 4. The van der Waals surface area contributed by atoms with Crippen LogP contribution in [0.1, 0.15) is 6.92 Å². The zero-order chi connectivity index (χ0) is 9.78. The lowest BCUT2D eigenvalue weighted by molar-refractivity contribution is 0.0756. The van der Waals surface area contributed by atoms with E-state index in [2.05, 4.69) is 4.52 Å². The smallest absolute Gasteiger partial charge is 0.325 e. The van der Waals surface area contributed by atoms with Crippen molar-refractivity contribution < 1.29 is 18.7 Å². The number of hydrogen-bond donors (Lipinski definition) is 2. The van der Waals surface area contributed by atoms with Gasteiger partial charge >= 0.3 is 7.60 Å². The predicted molar refractivity (Wildman–Crippen MR) is 46.1 cm³/mol. The summed E-state index contributed by atoms with van der Waals surface area (Å²) in [5.41, 5.74) is 5.55. The van der Waals surface area contributed by atoms with Crippen molar-refractivity contribution in [1.82, 2.24) is 0 Å². The first-order chi connectivity index (χ1) is 5.37. The van der Waals surface area contributed by atoms with E-state index < -0.39 is 7.60 Å². The quantitative estimate of drug-likeness (QED) is 0.614. The van der Waals surface area contributed by atoms with Crippen LogP contribution in [0.15, 0.2) is 0 Å². The Morgan fingerprint density at radius 2 is 2.17 bits per heavy atom. The molecule has 0 heterocycles. The van der Waals surface area contributed by atoms with E-state index in [9.17, 15) is 4.57 Å². The lowest BCUT2D eigenvalue weighted by Gasteiger charge is -2.18. The molecule has 0 bridgehead atoms. The van der Waals surface area contributed by atoms with Crippen LogP contribution >= 0.6 is 7.60 Å². The van der Waals surface area contributed by atoms with Crippen LogP contribution in [-0.2, 0) is 13.8 Å². The largest absolute Gasteiger partial charge is 0.380 e. The molecular formula is C6H16NO4P. The second-order valence-electron chi connectivity index (χ2n) is 2.70. The summed E-state index contributed by atoms with van der Waals surface area (Å²) in [6.07, 6.45) is -0.184. The summed E-state index contributed by atoms with van der Waals surface area (Å²) in [6.45, 7) is 2.92.